The lowest BCUT2D eigenvalue weighted by molar-refractivity contribution is -0.274. The van der Waals surface area contributed by atoms with Gasteiger partial charge >= 0.3 is 6.36 Å². The van der Waals surface area contributed by atoms with Gasteiger partial charge in [0.25, 0.3) is 0 Å². The van der Waals surface area contributed by atoms with E-state index in [2.05, 4.69) is 15.0 Å². The number of benzene rings is 2. The van der Waals surface area contributed by atoms with Crippen LogP contribution in [0.2, 0.25) is 0 Å². The highest BCUT2D eigenvalue weighted by Crippen LogP contribution is 2.38. The number of methoxy groups -OCH3 is 1. The molecule has 2 aromatic carbocycles. The van der Waals surface area contributed by atoms with Crippen molar-refractivity contribution in [2.45, 2.75) is 12.9 Å². The fourth-order valence-corrected chi connectivity index (χ4v) is 4.09. The van der Waals surface area contributed by atoms with Crippen LogP contribution in [0.5, 0.6) is 11.5 Å². The minimum absolute atomic E-state index is 0.265. The molecule has 3 rings (SSSR count). The third-order valence-corrected chi connectivity index (χ3v) is 5.72. The number of thiazole rings is 1. The Bertz CT molecular complexity index is 990. The predicted octanol–water partition coefficient (Wildman–Crippen LogP) is 5.04. The summed E-state index contributed by atoms with van der Waals surface area (Å²) in [6, 6.07) is 13.6. The summed E-state index contributed by atoms with van der Waals surface area (Å²) in [6.45, 7) is 2.28. The highest BCUT2D eigenvalue weighted by Gasteiger charge is 2.31. The van der Waals surface area contributed by atoms with E-state index in [1.54, 1.807) is 13.2 Å². The molecule has 0 spiro atoms. The number of nitrogens with zero attached hydrogens (tertiary/aromatic N) is 2. The fourth-order valence-electron chi connectivity index (χ4n) is 3.01. The van der Waals surface area contributed by atoms with E-state index in [0.717, 1.165) is 35.0 Å². The van der Waals surface area contributed by atoms with Crippen LogP contribution in [0.15, 0.2) is 48.5 Å². The number of halogens is 3. The minimum Gasteiger partial charge on any atom is -0.497 e. The molecule has 3 aromatic rings. The minimum atomic E-state index is -4.74. The summed E-state index contributed by atoms with van der Waals surface area (Å²) < 4.78 is 47.2. The van der Waals surface area contributed by atoms with Gasteiger partial charge in [0.1, 0.15) is 16.5 Å². The summed E-state index contributed by atoms with van der Waals surface area (Å²) in [5.74, 6) is 0.483. The second kappa shape index (κ2) is 10.1. The molecule has 0 aliphatic heterocycles. The average Bonchev–Trinajstić information content (AvgIpc) is 3.15. The number of hydrogen-bond donors (Lipinski definition) is 1. The van der Waals surface area contributed by atoms with Gasteiger partial charge in [-0.3, -0.25) is 4.90 Å². The van der Waals surface area contributed by atoms with Gasteiger partial charge in [0.15, 0.2) is 0 Å². The van der Waals surface area contributed by atoms with Crippen molar-refractivity contribution in [1.82, 2.24) is 15.2 Å². The molecule has 0 radical (unpaired) electrons. The molecule has 0 saturated heterocycles. The average molecular weight is 452 g/mol. The molecule has 0 saturated carbocycles. The van der Waals surface area contributed by atoms with Crippen molar-refractivity contribution in [3.05, 3.63) is 54.2 Å². The van der Waals surface area contributed by atoms with E-state index >= 15 is 0 Å². The van der Waals surface area contributed by atoms with E-state index in [1.165, 1.54) is 29.5 Å². The summed E-state index contributed by atoms with van der Waals surface area (Å²) in [4.78, 5) is 7.89. The first-order chi connectivity index (χ1) is 14.8. The standard InChI is InChI=1S/C22H24F3N3O2S/c1-26-11-12-28(2)14-19-20(15-7-9-17(29-3)10-8-15)31-21(27-19)16-5-4-6-18(13-16)30-22(23,24)25/h4-10,13,26H,11-12,14H2,1-3H3. The topological polar surface area (TPSA) is 46.6 Å². The Labute approximate surface area is 183 Å². The van der Waals surface area contributed by atoms with Gasteiger partial charge < -0.3 is 14.8 Å². The molecule has 31 heavy (non-hydrogen) atoms. The predicted molar refractivity (Wildman–Crippen MR) is 116 cm³/mol. The van der Waals surface area contributed by atoms with Crippen LogP contribution >= 0.6 is 11.3 Å². The number of ether oxygens (including phenoxy) is 2. The number of alkyl halides is 3. The first-order valence-corrected chi connectivity index (χ1v) is 10.4. The molecular formula is C22H24F3N3O2S. The number of aromatic nitrogens is 1. The summed E-state index contributed by atoms with van der Waals surface area (Å²) in [5, 5.41) is 3.75. The van der Waals surface area contributed by atoms with E-state index in [4.69, 9.17) is 9.72 Å². The molecule has 9 heteroatoms. The van der Waals surface area contributed by atoms with Gasteiger partial charge in [0.05, 0.1) is 17.7 Å². The molecule has 1 N–H and O–H groups in total. The van der Waals surface area contributed by atoms with Crippen LogP contribution in [-0.2, 0) is 6.54 Å². The lowest BCUT2D eigenvalue weighted by atomic mass is 10.1. The summed E-state index contributed by atoms with van der Waals surface area (Å²) in [7, 11) is 5.51. The van der Waals surface area contributed by atoms with E-state index in [0.29, 0.717) is 17.1 Å². The summed E-state index contributed by atoms with van der Waals surface area (Å²) in [5.41, 5.74) is 2.42. The molecule has 1 aromatic heterocycles. The molecule has 5 nitrogen and oxygen atoms in total. The molecule has 0 aliphatic carbocycles. The fraction of sp³-hybridized carbons (Fsp3) is 0.318. The van der Waals surface area contributed by atoms with Gasteiger partial charge in [-0.2, -0.15) is 0 Å². The Hall–Kier alpha value is -2.62. The van der Waals surface area contributed by atoms with E-state index in [-0.39, 0.29) is 5.75 Å². The normalized spacial score (nSPS) is 11.7. The maximum Gasteiger partial charge on any atom is 0.573 e. The summed E-state index contributed by atoms with van der Waals surface area (Å²) in [6.07, 6.45) is -4.74. The highest BCUT2D eigenvalue weighted by molar-refractivity contribution is 7.18. The maximum atomic E-state index is 12.6. The SMILES string of the molecule is CNCCN(C)Cc1nc(-c2cccc(OC(F)(F)F)c2)sc1-c1ccc(OC)cc1. The van der Waals surface area contributed by atoms with Gasteiger partial charge in [-0.05, 0) is 56.1 Å². The molecule has 0 fully saturated rings. The van der Waals surface area contributed by atoms with Crippen LogP contribution in [0.1, 0.15) is 5.69 Å². The molecule has 166 valence electrons. The van der Waals surface area contributed by atoms with Gasteiger partial charge in [0.2, 0.25) is 0 Å². The maximum absolute atomic E-state index is 12.6. The molecule has 0 unspecified atom stereocenters. The number of hydrogen-bond acceptors (Lipinski definition) is 6. The van der Waals surface area contributed by atoms with Crippen LogP contribution < -0.4 is 14.8 Å². The van der Waals surface area contributed by atoms with Crippen molar-refractivity contribution in [2.24, 2.45) is 0 Å². The third-order valence-electron chi connectivity index (χ3n) is 4.53. The van der Waals surface area contributed by atoms with E-state index in [1.807, 2.05) is 38.4 Å². The Balaban J connectivity index is 1.97. The second-order valence-electron chi connectivity index (χ2n) is 6.94. The van der Waals surface area contributed by atoms with E-state index < -0.39 is 6.36 Å². The lowest BCUT2D eigenvalue weighted by Crippen LogP contribution is -2.27. The molecule has 0 bridgehead atoms. The van der Waals surface area contributed by atoms with Crippen LogP contribution in [0.3, 0.4) is 0 Å². The Morgan fingerprint density at radius 3 is 2.45 bits per heavy atom. The van der Waals surface area contributed by atoms with Crippen molar-refractivity contribution in [1.29, 1.82) is 0 Å². The molecule has 0 atom stereocenters. The number of rotatable bonds is 9. The van der Waals surface area contributed by atoms with Crippen molar-refractivity contribution < 1.29 is 22.6 Å². The van der Waals surface area contributed by atoms with Crippen LogP contribution in [-0.4, -0.2) is 50.5 Å². The molecule has 1 heterocycles. The molecule has 0 amide bonds. The van der Waals surface area contributed by atoms with Crippen LogP contribution in [0.25, 0.3) is 21.0 Å². The number of nitrogens with one attached hydrogen (secondary N) is 1. The first-order valence-electron chi connectivity index (χ1n) is 9.62. The van der Waals surface area contributed by atoms with Crippen molar-refractivity contribution >= 4 is 11.3 Å². The monoisotopic (exact) mass is 451 g/mol. The van der Waals surface area contributed by atoms with Crippen molar-refractivity contribution in [3.8, 4) is 32.5 Å². The Morgan fingerprint density at radius 1 is 1.06 bits per heavy atom. The van der Waals surface area contributed by atoms with Gasteiger partial charge in [-0.15, -0.1) is 24.5 Å². The van der Waals surface area contributed by atoms with Crippen molar-refractivity contribution in [3.63, 3.8) is 0 Å². The van der Waals surface area contributed by atoms with Crippen molar-refractivity contribution in [2.75, 3.05) is 34.3 Å². The zero-order chi connectivity index (χ0) is 22.4. The summed E-state index contributed by atoms with van der Waals surface area (Å²) >= 11 is 1.44. The smallest absolute Gasteiger partial charge is 0.497 e. The van der Waals surface area contributed by atoms with Gasteiger partial charge in [-0.25, -0.2) is 4.98 Å². The van der Waals surface area contributed by atoms with Crippen LogP contribution in [0, 0.1) is 0 Å². The Morgan fingerprint density at radius 2 is 1.81 bits per heavy atom. The van der Waals surface area contributed by atoms with Gasteiger partial charge in [0, 0.05) is 25.2 Å². The van der Waals surface area contributed by atoms with Crippen LogP contribution in [0.4, 0.5) is 13.2 Å². The van der Waals surface area contributed by atoms with Gasteiger partial charge in [-0.1, -0.05) is 12.1 Å². The second-order valence-corrected chi connectivity index (χ2v) is 7.94. The van der Waals surface area contributed by atoms with E-state index in [9.17, 15) is 13.2 Å². The first kappa shape index (κ1) is 23.1. The zero-order valence-electron chi connectivity index (χ0n) is 17.5. The highest BCUT2D eigenvalue weighted by atomic mass is 32.1. The lowest BCUT2D eigenvalue weighted by Gasteiger charge is -2.15. The molecular weight excluding hydrogens is 427 g/mol. The largest absolute Gasteiger partial charge is 0.573 e. The molecule has 0 aliphatic rings. The zero-order valence-corrected chi connectivity index (χ0v) is 18.3. The third kappa shape index (κ3) is 6.43. The quantitative estimate of drug-likeness (QED) is 0.494. The number of likely N-dealkylation sites (N-methyl/N-ethyl adjacent to an activating group) is 2. The Kier molecular flexibility index (Phi) is 7.53.